The summed E-state index contributed by atoms with van der Waals surface area (Å²) in [4.78, 5) is 0. The fourth-order valence-corrected chi connectivity index (χ4v) is 6.50. The summed E-state index contributed by atoms with van der Waals surface area (Å²) in [7, 11) is 6.84. The van der Waals surface area contributed by atoms with Crippen molar-refractivity contribution in [2.24, 2.45) is 0 Å². The summed E-state index contributed by atoms with van der Waals surface area (Å²) >= 11 is 0. The number of nitrogens with zero attached hydrogens (tertiary/aromatic N) is 1. The quantitative estimate of drug-likeness (QED) is 0.212. The van der Waals surface area contributed by atoms with Gasteiger partial charge in [-0.3, -0.25) is 0 Å². The molecule has 0 amide bonds. The summed E-state index contributed by atoms with van der Waals surface area (Å²) in [5.41, 5.74) is 1.53. The summed E-state index contributed by atoms with van der Waals surface area (Å²) in [6, 6.07) is 11.3. The Morgan fingerprint density at radius 1 is 0.938 bits per heavy atom. The third-order valence-electron chi connectivity index (χ3n) is 7.97. The summed E-state index contributed by atoms with van der Waals surface area (Å²) in [6.45, 7) is 12.4. The molecule has 3 rings (SSSR count). The van der Waals surface area contributed by atoms with Gasteiger partial charge in [0.05, 0.1) is 28.2 Å². The van der Waals surface area contributed by atoms with Crippen LogP contribution >= 0.6 is 0 Å². The molecule has 0 N–H and O–H groups in total. The first kappa shape index (κ1) is 27.2. The molecule has 2 bridgehead atoms. The summed E-state index contributed by atoms with van der Waals surface area (Å²) in [5.74, 6) is 9.15. The molecule has 0 saturated carbocycles. The molecule has 2 nitrogen and oxygen atoms in total. The minimum atomic E-state index is -1.66. The van der Waals surface area contributed by atoms with Crippen LogP contribution in [0.25, 0.3) is 0 Å². The van der Waals surface area contributed by atoms with Gasteiger partial charge in [-0.15, -0.1) is 17.6 Å². The first-order valence-electron chi connectivity index (χ1n) is 12.9. The van der Waals surface area contributed by atoms with Crippen LogP contribution < -0.4 is 5.46 Å². The van der Waals surface area contributed by atoms with Crippen molar-refractivity contribution in [1.82, 2.24) is 0 Å². The molecule has 2 saturated heterocycles. The predicted octanol–water partition coefficient (Wildman–Crippen LogP) is 6.73. The van der Waals surface area contributed by atoms with Crippen molar-refractivity contribution in [2.45, 2.75) is 95.5 Å². The molecule has 0 unspecified atom stereocenters. The average molecular weight is 456 g/mol. The highest BCUT2D eigenvalue weighted by Crippen LogP contribution is 2.52. The third kappa shape index (κ3) is 7.24. The second-order valence-corrected chi connectivity index (χ2v) is 18.0. The van der Waals surface area contributed by atoms with E-state index in [2.05, 4.69) is 104 Å². The molecule has 1 aromatic rings. The maximum Gasteiger partial charge on any atom is 0.192 e. The van der Waals surface area contributed by atoms with Gasteiger partial charge in [-0.05, 0) is 18.1 Å². The lowest BCUT2D eigenvalue weighted by Crippen LogP contribution is -2.58. The first-order valence-corrected chi connectivity index (χ1v) is 15.8. The standard InChI is InChI=1S/C24H38BOSi.C4H12N/c1-24(2,3)27(4,5)26-20-10-9-19-25(21-13-7-6-8-14-21)22-15-11-16-23(25)18-12-17-22;1-5(2,3)4/h6-8,13-14,22-23H,10-12,15-18,20H2,1-5H3;1-4H3/q-1;+1. The highest BCUT2D eigenvalue weighted by atomic mass is 28.4. The SMILES string of the molecule is CC(C)(C)[Si](C)(C)OCCC#C[B-]1(c2ccccc2)C2CCCC1CCC2.C[N+](C)(C)C. The van der Waals surface area contributed by atoms with E-state index in [1.165, 1.54) is 44.0 Å². The molecule has 1 aromatic carbocycles. The van der Waals surface area contributed by atoms with Gasteiger partial charge < -0.3 is 14.7 Å². The van der Waals surface area contributed by atoms with Crippen molar-refractivity contribution < 1.29 is 8.91 Å². The molecule has 0 radical (unpaired) electrons. The normalized spacial score (nSPS) is 25.8. The molecule has 0 spiro atoms. The molecule has 4 heteroatoms. The molecule has 2 aliphatic rings. The summed E-state index contributed by atoms with van der Waals surface area (Å²) in [5, 5.41) is 0.274. The molecule has 0 aromatic heterocycles. The molecule has 2 fully saturated rings. The van der Waals surface area contributed by atoms with E-state index in [1.807, 2.05) is 0 Å². The zero-order valence-electron chi connectivity index (χ0n) is 22.6. The lowest BCUT2D eigenvalue weighted by atomic mass is 9.07. The molecule has 180 valence electrons. The largest absolute Gasteiger partial charge is 0.416 e. The van der Waals surface area contributed by atoms with Gasteiger partial charge in [0.2, 0.25) is 0 Å². The second kappa shape index (κ2) is 10.9. The van der Waals surface area contributed by atoms with Crippen molar-refractivity contribution in [3.8, 4) is 11.7 Å². The van der Waals surface area contributed by atoms with Gasteiger partial charge >= 0.3 is 0 Å². The van der Waals surface area contributed by atoms with Gasteiger partial charge in [0.25, 0.3) is 0 Å². The van der Waals surface area contributed by atoms with Gasteiger partial charge in [0.15, 0.2) is 8.32 Å². The van der Waals surface area contributed by atoms with E-state index in [0.29, 0.717) is 0 Å². The van der Waals surface area contributed by atoms with Gasteiger partial charge in [0.1, 0.15) is 6.15 Å². The number of quaternary nitrogens is 1. The molecule has 2 aliphatic heterocycles. The highest BCUT2D eigenvalue weighted by Gasteiger charge is 2.43. The average Bonchev–Trinajstić information content (AvgIpc) is 2.65. The molecular weight excluding hydrogens is 405 g/mol. The van der Waals surface area contributed by atoms with Gasteiger partial charge in [0, 0.05) is 13.0 Å². The zero-order valence-corrected chi connectivity index (χ0v) is 23.6. The van der Waals surface area contributed by atoms with E-state index < -0.39 is 14.5 Å². The highest BCUT2D eigenvalue weighted by molar-refractivity contribution is 7.00. The van der Waals surface area contributed by atoms with Crippen LogP contribution in [0.3, 0.4) is 0 Å². The van der Waals surface area contributed by atoms with Crippen LogP contribution in [0.5, 0.6) is 0 Å². The fourth-order valence-electron chi connectivity index (χ4n) is 5.46. The van der Waals surface area contributed by atoms with Crippen LogP contribution in [-0.2, 0) is 4.43 Å². The lowest BCUT2D eigenvalue weighted by molar-refractivity contribution is -0.849. The third-order valence-corrected chi connectivity index (χ3v) is 12.5. The minimum absolute atomic E-state index is 0.274. The number of hydrogen-bond donors (Lipinski definition) is 0. The molecular formula is C28H50BNOSi. The van der Waals surface area contributed by atoms with Crippen molar-refractivity contribution in [2.75, 3.05) is 34.8 Å². The summed E-state index contributed by atoms with van der Waals surface area (Å²) in [6.07, 6.45) is 8.46. The van der Waals surface area contributed by atoms with E-state index in [9.17, 15) is 0 Å². The Labute approximate surface area is 201 Å². The number of fused-ring (bicyclic) bond motifs is 2. The Balaban J connectivity index is 0.000000654. The number of benzene rings is 1. The Hall–Kier alpha value is -1.02. The van der Waals surface area contributed by atoms with Gasteiger partial charge in [-0.1, -0.05) is 89.6 Å². The van der Waals surface area contributed by atoms with E-state index in [-0.39, 0.29) is 5.04 Å². The van der Waals surface area contributed by atoms with Crippen LogP contribution in [-0.4, -0.2) is 53.7 Å². The summed E-state index contributed by atoms with van der Waals surface area (Å²) < 4.78 is 7.36. The Morgan fingerprint density at radius 3 is 1.84 bits per heavy atom. The Morgan fingerprint density at radius 2 is 1.41 bits per heavy atom. The number of hydrogen-bond acceptors (Lipinski definition) is 1. The van der Waals surface area contributed by atoms with Crippen molar-refractivity contribution in [3.63, 3.8) is 0 Å². The Kier molecular flexibility index (Phi) is 9.31. The van der Waals surface area contributed by atoms with Gasteiger partial charge in [-0.2, -0.15) is 5.46 Å². The van der Waals surface area contributed by atoms with Crippen molar-refractivity contribution in [1.29, 1.82) is 0 Å². The zero-order chi connectivity index (χ0) is 24.0. The van der Waals surface area contributed by atoms with Crippen LogP contribution in [0.1, 0.15) is 65.7 Å². The van der Waals surface area contributed by atoms with E-state index >= 15 is 0 Å². The smallest absolute Gasteiger partial charge is 0.192 e. The maximum atomic E-state index is 6.36. The van der Waals surface area contributed by atoms with Crippen LogP contribution in [0.2, 0.25) is 29.8 Å². The number of rotatable bonds is 4. The molecule has 0 aliphatic carbocycles. The van der Waals surface area contributed by atoms with Crippen LogP contribution in [0, 0.1) is 11.7 Å². The van der Waals surface area contributed by atoms with Crippen molar-refractivity contribution in [3.05, 3.63) is 30.3 Å². The minimum Gasteiger partial charge on any atom is -0.416 e. The molecule has 0 atom stereocenters. The maximum absolute atomic E-state index is 6.36. The lowest BCUT2D eigenvalue weighted by Gasteiger charge is -2.57. The first-order chi connectivity index (χ1) is 14.8. The van der Waals surface area contributed by atoms with E-state index in [0.717, 1.165) is 29.1 Å². The Bertz CT molecular complexity index is 739. The van der Waals surface area contributed by atoms with E-state index in [1.54, 1.807) is 0 Å². The second-order valence-electron chi connectivity index (χ2n) is 13.2. The van der Waals surface area contributed by atoms with E-state index in [4.69, 9.17) is 4.43 Å². The van der Waals surface area contributed by atoms with Gasteiger partial charge in [-0.25, -0.2) is 0 Å². The molecule has 32 heavy (non-hydrogen) atoms. The van der Waals surface area contributed by atoms with Crippen LogP contribution in [0.15, 0.2) is 30.3 Å². The monoisotopic (exact) mass is 455 g/mol. The van der Waals surface area contributed by atoms with Crippen molar-refractivity contribution >= 4 is 19.9 Å². The van der Waals surface area contributed by atoms with Crippen LogP contribution in [0.4, 0.5) is 0 Å². The fraction of sp³-hybridized carbons (Fsp3) is 0.714. The topological polar surface area (TPSA) is 9.23 Å². The molecule has 2 heterocycles. The predicted molar refractivity (Wildman–Crippen MR) is 147 cm³/mol.